The first-order chi connectivity index (χ1) is 17.4. The van der Waals surface area contributed by atoms with Crippen LogP contribution in [0, 0.1) is 5.82 Å². The highest BCUT2D eigenvalue weighted by atomic mass is 19.1. The Hall–Kier alpha value is -4.78. The van der Waals surface area contributed by atoms with Gasteiger partial charge in [-0.3, -0.25) is 14.4 Å². The number of halogens is 1. The monoisotopic (exact) mass is 481 g/mol. The van der Waals surface area contributed by atoms with Gasteiger partial charge in [0, 0.05) is 28.1 Å². The minimum absolute atomic E-state index is 0.219. The maximum Gasteiger partial charge on any atom is 0.255 e. The van der Waals surface area contributed by atoms with Gasteiger partial charge >= 0.3 is 0 Å². The molecule has 0 spiro atoms. The summed E-state index contributed by atoms with van der Waals surface area (Å²) >= 11 is 0. The van der Waals surface area contributed by atoms with Crippen molar-refractivity contribution in [1.29, 1.82) is 0 Å². The van der Waals surface area contributed by atoms with Crippen LogP contribution in [0.2, 0.25) is 0 Å². The number of anilines is 2. The van der Waals surface area contributed by atoms with E-state index >= 15 is 0 Å². The number of carbonyl (C=O) groups excluding carboxylic acids is 3. The largest absolute Gasteiger partial charge is 0.346 e. The predicted octanol–water partition coefficient (Wildman–Crippen LogP) is 5.82. The van der Waals surface area contributed by atoms with Gasteiger partial charge in [-0.25, -0.2) is 4.39 Å². The van der Waals surface area contributed by atoms with E-state index < -0.39 is 11.7 Å². The zero-order chi connectivity index (χ0) is 25.5. The Kier molecular flexibility index (Phi) is 7.51. The average molecular weight is 482 g/mol. The van der Waals surface area contributed by atoms with Gasteiger partial charge in [-0.15, -0.1) is 0 Å². The van der Waals surface area contributed by atoms with Crippen molar-refractivity contribution in [3.8, 4) is 0 Å². The Labute approximate surface area is 208 Å². The second-order valence-corrected chi connectivity index (χ2v) is 8.18. The third-order valence-corrected chi connectivity index (χ3v) is 5.52. The molecule has 4 rings (SSSR count). The first-order valence-corrected chi connectivity index (χ1v) is 11.3. The van der Waals surface area contributed by atoms with Crippen molar-refractivity contribution in [3.63, 3.8) is 0 Å². The maximum atomic E-state index is 13.1. The topological polar surface area (TPSA) is 87.3 Å². The van der Waals surface area contributed by atoms with Crippen LogP contribution >= 0.6 is 0 Å². The normalized spacial score (nSPS) is 11.3. The van der Waals surface area contributed by atoms with Crippen LogP contribution in [0.25, 0.3) is 0 Å². The second kappa shape index (κ2) is 11.1. The van der Waals surface area contributed by atoms with E-state index in [0.29, 0.717) is 28.1 Å². The van der Waals surface area contributed by atoms with Crippen LogP contribution in [-0.4, -0.2) is 17.7 Å². The van der Waals surface area contributed by atoms with Crippen molar-refractivity contribution in [1.82, 2.24) is 5.32 Å². The van der Waals surface area contributed by atoms with E-state index in [1.807, 2.05) is 31.2 Å². The Morgan fingerprint density at radius 2 is 1.17 bits per heavy atom. The molecule has 0 aliphatic carbocycles. The lowest BCUT2D eigenvalue weighted by molar-refractivity contribution is 0.0938. The molecular formula is C29H24FN3O3. The lowest BCUT2D eigenvalue weighted by atomic mass is 10.1. The van der Waals surface area contributed by atoms with E-state index in [-0.39, 0.29) is 17.9 Å². The molecule has 0 saturated carbocycles. The van der Waals surface area contributed by atoms with Gasteiger partial charge in [0.2, 0.25) is 0 Å². The van der Waals surface area contributed by atoms with Gasteiger partial charge in [0.15, 0.2) is 0 Å². The Morgan fingerprint density at radius 3 is 1.83 bits per heavy atom. The van der Waals surface area contributed by atoms with E-state index in [2.05, 4.69) is 16.0 Å². The molecule has 7 heteroatoms. The number of hydrogen-bond acceptors (Lipinski definition) is 3. The number of nitrogens with one attached hydrogen (secondary N) is 3. The number of amides is 3. The van der Waals surface area contributed by atoms with Gasteiger partial charge in [0.25, 0.3) is 17.7 Å². The molecule has 3 N–H and O–H groups in total. The lowest BCUT2D eigenvalue weighted by Gasteiger charge is -2.16. The highest BCUT2D eigenvalue weighted by molar-refractivity contribution is 6.05. The van der Waals surface area contributed by atoms with Crippen molar-refractivity contribution in [2.75, 3.05) is 10.6 Å². The fraction of sp³-hybridized carbons (Fsp3) is 0.0690. The Morgan fingerprint density at radius 1 is 0.611 bits per heavy atom. The molecule has 0 unspecified atom stereocenters. The summed E-state index contributed by atoms with van der Waals surface area (Å²) in [6.07, 6.45) is 0. The van der Waals surface area contributed by atoms with Crippen molar-refractivity contribution in [2.24, 2.45) is 0 Å². The van der Waals surface area contributed by atoms with Crippen LogP contribution in [0.4, 0.5) is 15.8 Å². The lowest BCUT2D eigenvalue weighted by Crippen LogP contribution is -2.27. The van der Waals surface area contributed by atoms with Gasteiger partial charge < -0.3 is 16.0 Å². The molecule has 180 valence electrons. The van der Waals surface area contributed by atoms with E-state index in [1.165, 1.54) is 24.3 Å². The summed E-state index contributed by atoms with van der Waals surface area (Å²) in [7, 11) is 0. The molecule has 0 bridgehead atoms. The molecule has 4 aromatic carbocycles. The zero-order valence-corrected chi connectivity index (χ0v) is 19.5. The zero-order valence-electron chi connectivity index (χ0n) is 19.5. The summed E-state index contributed by atoms with van der Waals surface area (Å²) in [6.45, 7) is 1.84. The molecule has 0 saturated heterocycles. The van der Waals surface area contributed by atoms with Crippen molar-refractivity contribution in [2.45, 2.75) is 13.0 Å². The molecule has 0 aromatic heterocycles. The molecule has 0 heterocycles. The molecule has 0 aliphatic rings. The van der Waals surface area contributed by atoms with Crippen LogP contribution in [-0.2, 0) is 0 Å². The summed E-state index contributed by atoms with van der Waals surface area (Å²) in [5.41, 5.74) is 3.10. The first kappa shape index (κ1) is 24.3. The molecule has 6 nitrogen and oxygen atoms in total. The van der Waals surface area contributed by atoms with E-state index in [1.54, 1.807) is 54.6 Å². The first-order valence-electron chi connectivity index (χ1n) is 11.3. The third kappa shape index (κ3) is 6.21. The fourth-order valence-corrected chi connectivity index (χ4v) is 3.58. The van der Waals surface area contributed by atoms with Crippen LogP contribution < -0.4 is 16.0 Å². The minimum atomic E-state index is -0.427. The quantitative estimate of drug-likeness (QED) is 0.311. The van der Waals surface area contributed by atoms with Gasteiger partial charge in [0.1, 0.15) is 5.82 Å². The number of benzene rings is 4. The number of hydrogen-bond donors (Lipinski definition) is 3. The Balaban J connectivity index is 1.40. The van der Waals surface area contributed by atoms with Gasteiger partial charge in [-0.05, 0) is 79.2 Å². The SMILES string of the molecule is C[C@H](NC(=O)c1cccc(NC(=O)c2ccc(F)cc2)c1)c1cccc(NC(=O)c2ccccc2)c1. The maximum absolute atomic E-state index is 13.1. The van der Waals surface area contributed by atoms with Crippen LogP contribution in [0.3, 0.4) is 0 Å². The second-order valence-electron chi connectivity index (χ2n) is 8.18. The molecular weight excluding hydrogens is 457 g/mol. The Bertz CT molecular complexity index is 1390. The van der Waals surface area contributed by atoms with Crippen molar-refractivity contribution in [3.05, 3.63) is 131 Å². The van der Waals surface area contributed by atoms with Gasteiger partial charge in [-0.1, -0.05) is 36.4 Å². The minimum Gasteiger partial charge on any atom is -0.346 e. The molecule has 0 fully saturated rings. The highest BCUT2D eigenvalue weighted by Crippen LogP contribution is 2.20. The molecule has 0 aliphatic heterocycles. The molecule has 0 radical (unpaired) electrons. The highest BCUT2D eigenvalue weighted by Gasteiger charge is 2.14. The fourth-order valence-electron chi connectivity index (χ4n) is 3.58. The number of carbonyl (C=O) groups is 3. The standard InChI is InChI=1S/C29H24FN3O3/c1-19(22-9-5-11-25(17-22)32-27(34)20-7-3-2-4-8-20)31-29(36)23-10-6-12-26(18-23)33-28(35)21-13-15-24(30)16-14-21/h2-19H,1H3,(H,31,36)(H,32,34)(H,33,35)/t19-/m0/s1. The molecule has 3 amide bonds. The number of rotatable bonds is 7. The summed E-state index contributed by atoms with van der Waals surface area (Å²) in [5.74, 6) is -1.37. The summed E-state index contributed by atoms with van der Waals surface area (Å²) in [5, 5.41) is 8.52. The summed E-state index contributed by atoms with van der Waals surface area (Å²) < 4.78 is 13.1. The van der Waals surface area contributed by atoms with Crippen molar-refractivity contribution < 1.29 is 18.8 Å². The van der Waals surface area contributed by atoms with Crippen molar-refractivity contribution >= 4 is 29.1 Å². The van der Waals surface area contributed by atoms with Gasteiger partial charge in [0.05, 0.1) is 6.04 Å². The van der Waals surface area contributed by atoms with E-state index in [0.717, 1.165) is 5.56 Å². The van der Waals surface area contributed by atoms with Crippen LogP contribution in [0.5, 0.6) is 0 Å². The average Bonchev–Trinajstić information content (AvgIpc) is 2.89. The van der Waals surface area contributed by atoms with Crippen LogP contribution in [0.1, 0.15) is 49.6 Å². The molecule has 4 aromatic rings. The smallest absolute Gasteiger partial charge is 0.255 e. The molecule has 36 heavy (non-hydrogen) atoms. The van der Waals surface area contributed by atoms with E-state index in [4.69, 9.17) is 0 Å². The van der Waals surface area contributed by atoms with Crippen LogP contribution in [0.15, 0.2) is 103 Å². The summed E-state index contributed by atoms with van der Waals surface area (Å²) in [6, 6.07) is 27.6. The van der Waals surface area contributed by atoms with Gasteiger partial charge in [-0.2, -0.15) is 0 Å². The predicted molar refractivity (Wildman–Crippen MR) is 138 cm³/mol. The summed E-state index contributed by atoms with van der Waals surface area (Å²) in [4.78, 5) is 37.7. The van der Waals surface area contributed by atoms with E-state index in [9.17, 15) is 18.8 Å². The molecule has 1 atom stereocenters. The third-order valence-electron chi connectivity index (χ3n) is 5.52.